The van der Waals surface area contributed by atoms with Crippen molar-refractivity contribution in [1.82, 2.24) is 35.2 Å². The molecule has 11 heteroatoms. The van der Waals surface area contributed by atoms with Crippen LogP contribution in [0.15, 0.2) is 55.0 Å². The van der Waals surface area contributed by atoms with Crippen LogP contribution in [0.2, 0.25) is 0 Å². The number of pyridine rings is 1. The smallest absolute Gasteiger partial charge is 0.274 e. The maximum atomic E-state index is 13.2. The van der Waals surface area contributed by atoms with Crippen molar-refractivity contribution in [2.24, 2.45) is 0 Å². The number of rotatable bonds is 4. The van der Waals surface area contributed by atoms with E-state index in [1.54, 1.807) is 27.9 Å². The number of hydrogen-bond donors (Lipinski definition) is 2. The fourth-order valence-corrected chi connectivity index (χ4v) is 5.08. The van der Waals surface area contributed by atoms with Crippen molar-refractivity contribution in [3.05, 3.63) is 71.9 Å². The Bertz CT molecular complexity index is 1450. The lowest BCUT2D eigenvalue weighted by Crippen LogP contribution is -2.44. The molecule has 4 aromatic rings. The number of carbonyl (C=O) groups excluding carboxylic acids is 2. The van der Waals surface area contributed by atoms with E-state index >= 15 is 0 Å². The molecule has 1 fully saturated rings. The van der Waals surface area contributed by atoms with Crippen LogP contribution in [0.5, 0.6) is 5.75 Å². The van der Waals surface area contributed by atoms with Crippen LogP contribution in [0.1, 0.15) is 34.6 Å². The highest BCUT2D eigenvalue weighted by molar-refractivity contribution is 5.95. The summed E-state index contributed by atoms with van der Waals surface area (Å²) in [4.78, 5) is 35.6. The standard InChI is InChI=1S/C27H29N7O4/c35-25(9-3-5-18-13-29-21-7-2-1-6-20(18)21)33-15-22-24(16-33)38-17-19-14-34(32-31-19)11-12-37-23-8-4-10-28-26(23)27(36)30-22/h1-2,4,6-8,10,13-14,22,24,29H,3,5,9,11-12,15-17H2,(H,30,36)/t22-,24-/m0/s1. The molecule has 2 atom stereocenters. The number of nitrogens with zero attached hydrogens (tertiary/aromatic N) is 5. The van der Waals surface area contributed by atoms with Gasteiger partial charge in [-0.2, -0.15) is 0 Å². The van der Waals surface area contributed by atoms with Crippen molar-refractivity contribution in [2.75, 3.05) is 19.7 Å². The number of aromatic nitrogens is 5. The van der Waals surface area contributed by atoms with Gasteiger partial charge in [0.05, 0.1) is 31.5 Å². The minimum atomic E-state index is -0.395. The van der Waals surface area contributed by atoms with Crippen LogP contribution in [0, 0.1) is 0 Å². The van der Waals surface area contributed by atoms with Crippen molar-refractivity contribution in [3.8, 4) is 5.75 Å². The van der Waals surface area contributed by atoms with Gasteiger partial charge in [-0.05, 0) is 36.6 Å². The summed E-state index contributed by atoms with van der Waals surface area (Å²) in [5, 5.41) is 12.5. The number of ether oxygens (including phenoxy) is 2. The first kappa shape index (κ1) is 24.1. The second-order valence-corrected chi connectivity index (χ2v) is 9.61. The quantitative estimate of drug-likeness (QED) is 0.426. The van der Waals surface area contributed by atoms with Crippen molar-refractivity contribution in [3.63, 3.8) is 0 Å². The number of likely N-dealkylation sites (tertiary alicyclic amines) is 1. The summed E-state index contributed by atoms with van der Waals surface area (Å²) in [7, 11) is 0. The molecule has 38 heavy (non-hydrogen) atoms. The predicted molar refractivity (Wildman–Crippen MR) is 137 cm³/mol. The van der Waals surface area contributed by atoms with Crippen LogP contribution in [0.4, 0.5) is 0 Å². The van der Waals surface area contributed by atoms with E-state index in [1.807, 2.05) is 30.6 Å². The van der Waals surface area contributed by atoms with Gasteiger partial charge in [0.1, 0.15) is 12.3 Å². The topological polar surface area (TPSA) is 127 Å². The molecule has 0 radical (unpaired) electrons. The molecule has 1 aromatic carbocycles. The average Bonchev–Trinajstić information content (AvgIpc) is 3.66. The van der Waals surface area contributed by atoms with E-state index in [0.29, 0.717) is 44.1 Å². The van der Waals surface area contributed by atoms with E-state index < -0.39 is 12.1 Å². The zero-order valence-electron chi connectivity index (χ0n) is 20.9. The number of H-pyrrole nitrogens is 1. The van der Waals surface area contributed by atoms with Gasteiger partial charge in [0.25, 0.3) is 5.91 Å². The lowest BCUT2D eigenvalue weighted by atomic mass is 10.1. The van der Waals surface area contributed by atoms with Crippen LogP contribution in [-0.4, -0.2) is 73.5 Å². The number of carbonyl (C=O) groups is 2. The summed E-state index contributed by atoms with van der Waals surface area (Å²) >= 11 is 0. The first-order chi connectivity index (χ1) is 18.6. The third kappa shape index (κ3) is 5.10. The molecule has 3 aromatic heterocycles. The largest absolute Gasteiger partial charge is 0.489 e. The van der Waals surface area contributed by atoms with E-state index in [-0.39, 0.29) is 24.1 Å². The number of aromatic amines is 1. The molecule has 2 bridgehead atoms. The maximum Gasteiger partial charge on any atom is 0.274 e. The van der Waals surface area contributed by atoms with Crippen molar-refractivity contribution < 1.29 is 19.1 Å². The maximum absolute atomic E-state index is 13.2. The molecule has 196 valence electrons. The first-order valence-electron chi connectivity index (χ1n) is 12.9. The Morgan fingerprint density at radius 2 is 2.08 bits per heavy atom. The van der Waals surface area contributed by atoms with Crippen molar-refractivity contribution in [1.29, 1.82) is 0 Å². The molecule has 2 aliphatic heterocycles. The van der Waals surface area contributed by atoms with Crippen LogP contribution >= 0.6 is 0 Å². The van der Waals surface area contributed by atoms with Gasteiger partial charge >= 0.3 is 0 Å². The number of para-hydroxylation sites is 1. The Morgan fingerprint density at radius 1 is 1.16 bits per heavy atom. The average molecular weight is 516 g/mol. The van der Waals surface area contributed by atoms with Gasteiger partial charge in [0, 0.05) is 42.8 Å². The Hall–Kier alpha value is -4.25. The lowest BCUT2D eigenvalue weighted by Gasteiger charge is -2.20. The summed E-state index contributed by atoms with van der Waals surface area (Å²) in [6.45, 7) is 1.75. The lowest BCUT2D eigenvalue weighted by molar-refractivity contribution is -0.130. The number of fused-ring (bicyclic) bond motifs is 5. The van der Waals surface area contributed by atoms with Crippen LogP contribution in [0.3, 0.4) is 0 Å². The summed E-state index contributed by atoms with van der Waals surface area (Å²) in [5.74, 6) is 0.0748. The number of aryl methyl sites for hydroxylation is 1. The summed E-state index contributed by atoms with van der Waals surface area (Å²) < 4.78 is 13.7. The van der Waals surface area contributed by atoms with Crippen LogP contribution in [0.25, 0.3) is 10.9 Å². The zero-order chi connectivity index (χ0) is 25.9. The third-order valence-electron chi connectivity index (χ3n) is 7.04. The van der Waals surface area contributed by atoms with E-state index in [0.717, 1.165) is 18.4 Å². The van der Waals surface area contributed by atoms with Gasteiger partial charge in [0.15, 0.2) is 11.4 Å². The van der Waals surface area contributed by atoms with Gasteiger partial charge in [-0.25, -0.2) is 9.67 Å². The molecular formula is C27H29N7O4. The number of amides is 2. The summed E-state index contributed by atoms with van der Waals surface area (Å²) in [5.41, 5.74) is 3.19. The molecule has 2 aliphatic rings. The molecule has 0 saturated carbocycles. The molecule has 2 N–H and O–H groups in total. The molecule has 6 rings (SSSR count). The highest BCUT2D eigenvalue weighted by Gasteiger charge is 2.37. The highest BCUT2D eigenvalue weighted by Crippen LogP contribution is 2.22. The number of nitrogens with one attached hydrogen (secondary N) is 2. The molecule has 0 aliphatic carbocycles. The normalized spacial score (nSPS) is 19.8. The molecule has 11 nitrogen and oxygen atoms in total. The second-order valence-electron chi connectivity index (χ2n) is 9.61. The first-order valence-corrected chi connectivity index (χ1v) is 12.9. The Labute approximate surface area is 219 Å². The summed E-state index contributed by atoms with van der Waals surface area (Å²) in [6.07, 6.45) is 6.95. The Morgan fingerprint density at radius 3 is 3.03 bits per heavy atom. The summed E-state index contributed by atoms with van der Waals surface area (Å²) in [6, 6.07) is 11.2. The molecule has 1 saturated heterocycles. The number of benzene rings is 1. The van der Waals surface area contributed by atoms with Gasteiger partial charge in [-0.1, -0.05) is 23.4 Å². The van der Waals surface area contributed by atoms with Gasteiger partial charge in [-0.3, -0.25) is 9.59 Å². The monoisotopic (exact) mass is 515 g/mol. The minimum absolute atomic E-state index is 0.0425. The predicted octanol–water partition coefficient (Wildman–Crippen LogP) is 2.10. The molecule has 0 unspecified atom stereocenters. The minimum Gasteiger partial charge on any atom is -0.489 e. The van der Waals surface area contributed by atoms with E-state index in [4.69, 9.17) is 9.47 Å². The third-order valence-corrected chi connectivity index (χ3v) is 7.04. The van der Waals surface area contributed by atoms with Crippen LogP contribution in [-0.2, 0) is 29.1 Å². The Kier molecular flexibility index (Phi) is 6.74. The zero-order valence-corrected chi connectivity index (χ0v) is 20.9. The van der Waals surface area contributed by atoms with Crippen molar-refractivity contribution in [2.45, 2.75) is 44.6 Å². The van der Waals surface area contributed by atoms with E-state index in [2.05, 4.69) is 31.7 Å². The SMILES string of the molecule is O=C1N[C@H]2CN(C(=O)CCCc3c[nH]c4ccccc34)C[C@@H]2OCc2cn(nn2)CCOc2cccnc21. The van der Waals surface area contributed by atoms with Gasteiger partial charge < -0.3 is 24.7 Å². The fraction of sp³-hybridized carbons (Fsp3) is 0.370. The van der Waals surface area contributed by atoms with E-state index in [9.17, 15) is 9.59 Å². The van der Waals surface area contributed by atoms with Crippen LogP contribution < -0.4 is 10.1 Å². The van der Waals surface area contributed by atoms with E-state index in [1.165, 1.54) is 10.9 Å². The second kappa shape index (κ2) is 10.6. The molecule has 2 amide bonds. The highest BCUT2D eigenvalue weighted by atomic mass is 16.5. The van der Waals surface area contributed by atoms with Gasteiger partial charge in [0.2, 0.25) is 5.91 Å². The molecule has 0 spiro atoms. The van der Waals surface area contributed by atoms with Gasteiger partial charge in [-0.15, -0.1) is 5.10 Å². The fourth-order valence-electron chi connectivity index (χ4n) is 5.08. The number of hydrogen-bond acceptors (Lipinski definition) is 7. The Balaban J connectivity index is 1.14. The molecular weight excluding hydrogens is 486 g/mol. The molecule has 5 heterocycles. The van der Waals surface area contributed by atoms with Crippen molar-refractivity contribution >= 4 is 22.7 Å².